The van der Waals surface area contributed by atoms with Crippen LogP contribution in [0.2, 0.25) is 36.3 Å². The van der Waals surface area contributed by atoms with E-state index in [-0.39, 0.29) is 40.4 Å². The number of thiazole rings is 1. The van der Waals surface area contributed by atoms with Gasteiger partial charge < -0.3 is 18.7 Å². The van der Waals surface area contributed by atoms with Gasteiger partial charge in [0.2, 0.25) is 0 Å². The summed E-state index contributed by atoms with van der Waals surface area (Å²) in [6.45, 7) is 39.3. The lowest BCUT2D eigenvalue weighted by Gasteiger charge is -2.50. The number of carbonyl (C=O) groups is 1. The van der Waals surface area contributed by atoms with Crippen LogP contribution >= 0.6 is 11.3 Å². The van der Waals surface area contributed by atoms with Crippen molar-refractivity contribution in [3.63, 3.8) is 0 Å². The molecule has 0 spiro atoms. The molecule has 0 fully saturated rings. The van der Waals surface area contributed by atoms with E-state index in [4.69, 9.17) is 13.6 Å². The normalized spacial score (nSPS) is 30.4. The number of allylic oxidation sites excluding steroid dienone is 2. The summed E-state index contributed by atoms with van der Waals surface area (Å²) in [7, 11) is -4.60. The van der Waals surface area contributed by atoms with Gasteiger partial charge >= 0.3 is 5.97 Å². The number of rotatable bonds is 8. The Bertz CT molecular complexity index is 1340. The third kappa shape index (κ3) is 11.8. The predicted octanol–water partition coefficient (Wildman–Crippen LogP) is 11.7. The summed E-state index contributed by atoms with van der Waals surface area (Å²) >= 11 is 1.61. The highest BCUT2D eigenvalue weighted by molar-refractivity contribution is 7.09. The molecule has 1 N–H and O–H groups in total. The SMILES string of the molecule is C=CC[C@@]1(C)C(O)[C@H](C)[C@@H](O[Si](C)(C)C(C)(C)C)[C@@H](C)CCC/C(C)=C\C[C@@H](/C(C)=C/c2csc(C)n2)OC(=O)C[C@@H]1O[Si](C)(C)C(C)(C)C. The van der Waals surface area contributed by atoms with Crippen molar-refractivity contribution >= 4 is 40.0 Å². The molecule has 2 rings (SSSR count). The molecular weight excluding hydrogens is 675 g/mol. The molecule has 0 radical (unpaired) electrons. The van der Waals surface area contributed by atoms with E-state index in [9.17, 15) is 9.90 Å². The third-order valence-corrected chi connectivity index (χ3v) is 21.9. The number of esters is 1. The summed E-state index contributed by atoms with van der Waals surface area (Å²) in [5.41, 5.74) is 2.30. The molecule has 2 heterocycles. The van der Waals surface area contributed by atoms with Gasteiger partial charge in [-0.15, -0.1) is 17.9 Å². The van der Waals surface area contributed by atoms with Crippen LogP contribution in [0.15, 0.2) is 35.3 Å². The summed E-state index contributed by atoms with van der Waals surface area (Å²) in [4.78, 5) is 18.8. The van der Waals surface area contributed by atoms with Crippen molar-refractivity contribution in [3.8, 4) is 0 Å². The minimum atomic E-state index is -2.41. The predicted molar refractivity (Wildman–Crippen MR) is 219 cm³/mol. The van der Waals surface area contributed by atoms with Gasteiger partial charge in [0.25, 0.3) is 0 Å². The van der Waals surface area contributed by atoms with E-state index in [2.05, 4.69) is 113 Å². The Hall–Kier alpha value is -1.37. The first-order chi connectivity index (χ1) is 22.8. The molecule has 9 heteroatoms. The lowest BCUT2D eigenvalue weighted by molar-refractivity contribution is -0.155. The third-order valence-electron chi connectivity index (χ3n) is 12.1. The van der Waals surface area contributed by atoms with E-state index in [1.165, 1.54) is 5.57 Å². The number of ether oxygens (including phenoxy) is 1. The van der Waals surface area contributed by atoms with Gasteiger partial charge in [0.15, 0.2) is 16.6 Å². The first-order valence-corrected chi connectivity index (χ1v) is 25.6. The summed E-state index contributed by atoms with van der Waals surface area (Å²) in [6.07, 6.45) is 8.21. The van der Waals surface area contributed by atoms with E-state index in [1.807, 2.05) is 31.4 Å². The fraction of sp³-hybridized carbons (Fsp3) is 0.756. The van der Waals surface area contributed by atoms with Gasteiger partial charge in [0, 0.05) is 23.1 Å². The van der Waals surface area contributed by atoms with Crippen LogP contribution in [-0.2, 0) is 18.4 Å². The van der Waals surface area contributed by atoms with Crippen LogP contribution in [0.4, 0.5) is 0 Å². The number of cyclic esters (lactones) is 1. The van der Waals surface area contributed by atoms with Gasteiger partial charge in [0.1, 0.15) is 6.10 Å². The number of aromatic nitrogens is 1. The second-order valence-corrected chi connectivity index (χ2v) is 29.1. The quantitative estimate of drug-likeness (QED) is 0.162. The van der Waals surface area contributed by atoms with E-state index < -0.39 is 40.4 Å². The number of aryl methyl sites for hydroxylation is 1. The number of hydrogen-bond donors (Lipinski definition) is 1. The minimum absolute atomic E-state index is 0.0234. The van der Waals surface area contributed by atoms with Crippen LogP contribution < -0.4 is 0 Å². The number of aliphatic hydroxyl groups is 1. The van der Waals surface area contributed by atoms with Crippen LogP contribution in [0.1, 0.15) is 125 Å². The van der Waals surface area contributed by atoms with E-state index >= 15 is 0 Å². The number of aliphatic hydroxyl groups excluding tert-OH is 1. The molecule has 6 nitrogen and oxygen atoms in total. The van der Waals surface area contributed by atoms with Gasteiger partial charge in [0.05, 0.1) is 35.4 Å². The first-order valence-electron chi connectivity index (χ1n) is 18.9. The van der Waals surface area contributed by atoms with Crippen molar-refractivity contribution in [2.45, 2.75) is 182 Å². The second kappa shape index (κ2) is 17.6. The fourth-order valence-electron chi connectivity index (χ4n) is 6.47. The molecule has 1 aliphatic rings. The van der Waals surface area contributed by atoms with Crippen LogP contribution in [0, 0.1) is 24.2 Å². The molecule has 0 bridgehead atoms. The maximum Gasteiger partial charge on any atom is 0.309 e. The first kappa shape index (κ1) is 44.8. The van der Waals surface area contributed by atoms with Crippen LogP contribution in [0.25, 0.3) is 6.08 Å². The smallest absolute Gasteiger partial charge is 0.309 e. The molecule has 0 saturated heterocycles. The van der Waals surface area contributed by atoms with Crippen molar-refractivity contribution < 1.29 is 23.5 Å². The zero-order valence-electron chi connectivity index (χ0n) is 34.7. The molecule has 1 aromatic heterocycles. The van der Waals surface area contributed by atoms with Crippen molar-refractivity contribution in [3.05, 3.63) is 46.0 Å². The Balaban J connectivity index is 2.75. The average Bonchev–Trinajstić information content (AvgIpc) is 3.39. The Morgan fingerprint density at radius 2 is 1.68 bits per heavy atom. The minimum Gasteiger partial charge on any atom is -0.457 e. The van der Waals surface area contributed by atoms with Crippen molar-refractivity contribution in [1.29, 1.82) is 0 Å². The standard InChI is InChI=1S/C41H73NO5SSi2/c1-18-24-41(13)35(46-49(14,15)39(7,8)9)26-36(43)45-34(30(4)25-33-27-48-32(6)42-33)23-22-28(2)20-19-21-29(3)37(31(5)38(41)44)47-50(16,17)40(10,11)12/h18,22,25,27,29,31,34-35,37-38,44H,1,19-21,23-24,26H2,2-17H3/b28-22-,30-25+/t29-,31+,34-,35-,37-,38?,41+/m0/s1. The molecule has 0 aliphatic carbocycles. The van der Waals surface area contributed by atoms with Gasteiger partial charge in [-0.3, -0.25) is 4.79 Å². The van der Waals surface area contributed by atoms with Gasteiger partial charge in [-0.05, 0) is 100 Å². The molecule has 0 aromatic carbocycles. The van der Waals surface area contributed by atoms with Gasteiger partial charge in [-0.25, -0.2) is 4.98 Å². The highest BCUT2D eigenvalue weighted by atomic mass is 32.1. The van der Waals surface area contributed by atoms with E-state index in [0.717, 1.165) is 35.5 Å². The molecule has 1 aliphatic heterocycles. The van der Waals surface area contributed by atoms with E-state index in [1.54, 1.807) is 11.3 Å². The Labute approximate surface area is 312 Å². The summed E-state index contributed by atoms with van der Waals surface area (Å²) < 4.78 is 20.8. The van der Waals surface area contributed by atoms with Crippen LogP contribution in [0.5, 0.6) is 0 Å². The molecule has 1 aromatic rings. The highest BCUT2D eigenvalue weighted by Crippen LogP contribution is 2.47. The zero-order valence-corrected chi connectivity index (χ0v) is 37.5. The summed E-state index contributed by atoms with van der Waals surface area (Å²) in [5, 5.41) is 15.6. The summed E-state index contributed by atoms with van der Waals surface area (Å²) in [5.74, 6) is -0.307. The second-order valence-electron chi connectivity index (χ2n) is 18.5. The molecule has 0 saturated carbocycles. The van der Waals surface area contributed by atoms with Crippen molar-refractivity contribution in [1.82, 2.24) is 4.98 Å². The largest absolute Gasteiger partial charge is 0.457 e. The summed E-state index contributed by atoms with van der Waals surface area (Å²) in [6, 6.07) is 0. The van der Waals surface area contributed by atoms with Crippen molar-refractivity contribution in [2.24, 2.45) is 17.3 Å². The van der Waals surface area contributed by atoms with Gasteiger partial charge in [-0.2, -0.15) is 0 Å². The fourth-order valence-corrected chi connectivity index (χ4v) is 9.94. The Kier molecular flexibility index (Phi) is 15.8. The lowest BCUT2D eigenvalue weighted by Crippen LogP contribution is -2.57. The molecule has 0 amide bonds. The number of hydrogen-bond acceptors (Lipinski definition) is 7. The van der Waals surface area contributed by atoms with E-state index in [0.29, 0.717) is 12.8 Å². The average molecular weight is 748 g/mol. The zero-order chi connectivity index (χ0) is 38.5. The molecule has 7 atom stereocenters. The molecule has 50 heavy (non-hydrogen) atoms. The maximum atomic E-state index is 14.2. The number of carbonyl (C=O) groups excluding carboxylic acids is 1. The molecule has 1 unspecified atom stereocenters. The highest BCUT2D eigenvalue weighted by Gasteiger charge is 2.51. The van der Waals surface area contributed by atoms with Crippen LogP contribution in [-0.4, -0.2) is 57.1 Å². The van der Waals surface area contributed by atoms with Gasteiger partial charge in [-0.1, -0.05) is 80.0 Å². The topological polar surface area (TPSA) is 77.9 Å². The maximum absolute atomic E-state index is 14.2. The lowest BCUT2D eigenvalue weighted by atomic mass is 9.68. The molecular formula is C41H73NO5SSi2. The molecule has 286 valence electrons. The number of nitrogens with zero attached hydrogens (tertiary/aromatic N) is 1. The van der Waals surface area contributed by atoms with Crippen molar-refractivity contribution in [2.75, 3.05) is 0 Å². The van der Waals surface area contributed by atoms with Crippen LogP contribution in [0.3, 0.4) is 0 Å². The Morgan fingerprint density at radius 1 is 1.10 bits per heavy atom. The monoisotopic (exact) mass is 747 g/mol. The Morgan fingerprint density at radius 3 is 2.20 bits per heavy atom.